The molecule has 8 nitrogen and oxygen atoms in total. The van der Waals surface area contributed by atoms with Crippen LogP contribution in [0.5, 0.6) is 17.2 Å². The fourth-order valence-electron chi connectivity index (χ4n) is 3.81. The highest BCUT2D eigenvalue weighted by Crippen LogP contribution is 2.41. The van der Waals surface area contributed by atoms with Crippen molar-refractivity contribution in [2.24, 2.45) is 0 Å². The normalized spacial score (nSPS) is 16.0. The number of carbonyl (C=O) groups is 2. The molecule has 0 saturated carbocycles. The minimum atomic E-state index is -0.763. The lowest BCUT2D eigenvalue weighted by Crippen LogP contribution is -2.50. The highest BCUT2D eigenvalue weighted by molar-refractivity contribution is 5.84. The van der Waals surface area contributed by atoms with Crippen molar-refractivity contribution in [3.63, 3.8) is 0 Å². The van der Waals surface area contributed by atoms with E-state index in [1.165, 1.54) is 7.11 Å². The molecule has 3 rings (SSSR count). The first-order valence-corrected chi connectivity index (χ1v) is 9.97. The van der Waals surface area contributed by atoms with E-state index in [1.54, 1.807) is 33.2 Å². The predicted molar refractivity (Wildman–Crippen MR) is 115 cm³/mol. The van der Waals surface area contributed by atoms with Gasteiger partial charge < -0.3 is 29.2 Å². The molecule has 8 heteroatoms. The first kappa shape index (κ1) is 22.3. The number of amides is 2. The first-order valence-electron chi connectivity index (χ1n) is 9.97. The average molecular weight is 428 g/mol. The van der Waals surface area contributed by atoms with Crippen LogP contribution in [0.2, 0.25) is 0 Å². The third-order valence-electron chi connectivity index (χ3n) is 5.46. The third kappa shape index (κ3) is 4.52. The second-order valence-electron chi connectivity index (χ2n) is 7.22. The van der Waals surface area contributed by atoms with Crippen LogP contribution in [0.25, 0.3) is 0 Å². The second-order valence-corrected chi connectivity index (χ2v) is 7.22. The second kappa shape index (κ2) is 9.59. The summed E-state index contributed by atoms with van der Waals surface area (Å²) in [5.41, 5.74) is 2.92. The van der Waals surface area contributed by atoms with Crippen LogP contribution in [-0.2, 0) is 16.0 Å². The minimum Gasteiger partial charge on any atom is -0.497 e. The summed E-state index contributed by atoms with van der Waals surface area (Å²) in [6.45, 7) is 2.07. The number of fused-ring (bicyclic) bond motifs is 1. The van der Waals surface area contributed by atoms with Crippen LogP contribution >= 0.6 is 0 Å². The average Bonchev–Trinajstić information content (AvgIpc) is 2.81. The van der Waals surface area contributed by atoms with E-state index in [4.69, 9.17) is 18.9 Å². The van der Waals surface area contributed by atoms with E-state index in [2.05, 4.69) is 5.32 Å². The Balaban J connectivity index is 2.05. The Morgan fingerprint density at radius 1 is 1.00 bits per heavy atom. The Labute approximate surface area is 182 Å². The molecule has 0 spiro atoms. The topological polar surface area (TPSA) is 86.3 Å². The van der Waals surface area contributed by atoms with Crippen LogP contribution in [0, 0.1) is 0 Å². The highest BCUT2D eigenvalue weighted by atomic mass is 16.5. The van der Waals surface area contributed by atoms with Gasteiger partial charge in [0.2, 0.25) is 0 Å². The Morgan fingerprint density at radius 2 is 1.65 bits per heavy atom. The van der Waals surface area contributed by atoms with E-state index in [1.807, 2.05) is 36.4 Å². The van der Waals surface area contributed by atoms with Crippen molar-refractivity contribution in [3.05, 3.63) is 53.1 Å². The molecule has 1 aliphatic rings. The Bertz CT molecular complexity index is 944. The molecule has 0 aliphatic carbocycles. The number of esters is 1. The van der Waals surface area contributed by atoms with Gasteiger partial charge in [0.25, 0.3) is 0 Å². The van der Waals surface area contributed by atoms with Crippen LogP contribution in [0.4, 0.5) is 4.79 Å². The maximum atomic E-state index is 13.1. The maximum absolute atomic E-state index is 13.1. The Kier molecular flexibility index (Phi) is 6.89. The van der Waals surface area contributed by atoms with Crippen LogP contribution in [0.15, 0.2) is 36.4 Å². The fourth-order valence-corrected chi connectivity index (χ4v) is 3.81. The molecule has 0 saturated heterocycles. The summed E-state index contributed by atoms with van der Waals surface area (Å²) < 4.78 is 21.0. The number of carbonyl (C=O) groups excluding carboxylic acids is 2. The standard InChI is InChI=1S/C23H28N2O6/c1-14(22(26)31-5)24-23(27)25-11-10-16-12-19(29-3)20(30-4)13-18(16)21(25)15-6-8-17(28-2)9-7-15/h6-9,12-14,21H,10-11H2,1-5H3,(H,24,27)/t14-,21?/m1/s1. The largest absolute Gasteiger partial charge is 0.497 e. The van der Waals surface area contributed by atoms with Crippen molar-refractivity contribution >= 4 is 12.0 Å². The number of nitrogens with one attached hydrogen (secondary N) is 1. The molecular formula is C23H28N2O6. The number of nitrogens with zero attached hydrogens (tertiary/aromatic N) is 1. The maximum Gasteiger partial charge on any atom is 0.328 e. The summed E-state index contributed by atoms with van der Waals surface area (Å²) >= 11 is 0. The first-order chi connectivity index (χ1) is 14.9. The van der Waals surface area contributed by atoms with Crippen LogP contribution in [0.3, 0.4) is 0 Å². The number of hydrogen-bond acceptors (Lipinski definition) is 6. The molecule has 0 radical (unpaired) electrons. The number of benzene rings is 2. The number of methoxy groups -OCH3 is 4. The molecule has 2 aromatic carbocycles. The predicted octanol–water partition coefficient (Wildman–Crippen LogP) is 2.93. The SMILES string of the molecule is COC(=O)[C@@H](C)NC(=O)N1CCc2cc(OC)c(OC)cc2C1c1ccc(OC)cc1. The van der Waals surface area contributed by atoms with Gasteiger partial charge in [0, 0.05) is 6.54 Å². The number of rotatable bonds is 6. The number of ether oxygens (including phenoxy) is 4. The van der Waals surface area contributed by atoms with Crippen molar-refractivity contribution in [1.82, 2.24) is 10.2 Å². The van der Waals surface area contributed by atoms with Gasteiger partial charge in [-0.25, -0.2) is 9.59 Å². The van der Waals surface area contributed by atoms with Crippen LogP contribution in [-0.4, -0.2) is 57.9 Å². The van der Waals surface area contributed by atoms with Crippen molar-refractivity contribution in [3.8, 4) is 17.2 Å². The van der Waals surface area contributed by atoms with Crippen molar-refractivity contribution < 1.29 is 28.5 Å². The van der Waals surface area contributed by atoms with Gasteiger partial charge in [-0.05, 0) is 54.3 Å². The zero-order chi connectivity index (χ0) is 22.5. The molecular weight excluding hydrogens is 400 g/mol. The molecule has 0 aromatic heterocycles. The third-order valence-corrected chi connectivity index (χ3v) is 5.46. The summed E-state index contributed by atoms with van der Waals surface area (Å²) in [6.07, 6.45) is 0.641. The van der Waals surface area contributed by atoms with Gasteiger partial charge in [0.1, 0.15) is 11.8 Å². The Morgan fingerprint density at radius 3 is 2.23 bits per heavy atom. The van der Waals surface area contributed by atoms with E-state index < -0.39 is 12.0 Å². The van der Waals surface area contributed by atoms with Crippen LogP contribution in [0.1, 0.15) is 29.7 Å². The molecule has 1 unspecified atom stereocenters. The molecule has 1 aliphatic heterocycles. The van der Waals surface area contributed by atoms with Gasteiger partial charge in [0.15, 0.2) is 11.5 Å². The zero-order valence-electron chi connectivity index (χ0n) is 18.4. The van der Waals surface area contributed by atoms with Gasteiger partial charge in [0.05, 0.1) is 34.5 Å². The van der Waals surface area contributed by atoms with Gasteiger partial charge >= 0.3 is 12.0 Å². The summed E-state index contributed by atoms with van der Waals surface area (Å²) in [4.78, 5) is 26.7. The van der Waals surface area contributed by atoms with E-state index in [-0.39, 0.29) is 12.1 Å². The fraction of sp³-hybridized carbons (Fsp3) is 0.391. The van der Waals surface area contributed by atoms with E-state index >= 15 is 0 Å². The van der Waals surface area contributed by atoms with E-state index in [0.29, 0.717) is 24.5 Å². The molecule has 2 atom stereocenters. The smallest absolute Gasteiger partial charge is 0.328 e. The van der Waals surface area contributed by atoms with E-state index in [9.17, 15) is 9.59 Å². The minimum absolute atomic E-state index is 0.348. The quantitative estimate of drug-likeness (QED) is 0.712. The zero-order valence-corrected chi connectivity index (χ0v) is 18.4. The Hall–Kier alpha value is -3.42. The number of urea groups is 1. The van der Waals surface area contributed by atoms with Gasteiger partial charge in [-0.15, -0.1) is 0 Å². The lowest BCUT2D eigenvalue weighted by Gasteiger charge is -2.38. The van der Waals surface area contributed by atoms with Crippen molar-refractivity contribution in [2.75, 3.05) is 35.0 Å². The highest BCUT2D eigenvalue weighted by Gasteiger charge is 2.34. The van der Waals surface area contributed by atoms with Gasteiger partial charge in [-0.1, -0.05) is 12.1 Å². The summed E-state index contributed by atoms with van der Waals surface area (Å²) in [6, 6.07) is 9.95. The molecule has 2 amide bonds. The van der Waals surface area contributed by atoms with Crippen molar-refractivity contribution in [2.45, 2.75) is 25.4 Å². The molecule has 1 heterocycles. The molecule has 166 valence electrons. The lowest BCUT2D eigenvalue weighted by atomic mass is 9.87. The summed E-state index contributed by atoms with van der Waals surface area (Å²) in [5.74, 6) is 1.46. The van der Waals surface area contributed by atoms with Gasteiger partial charge in [-0.3, -0.25) is 0 Å². The monoisotopic (exact) mass is 428 g/mol. The lowest BCUT2D eigenvalue weighted by molar-refractivity contribution is -0.142. The molecule has 1 N–H and O–H groups in total. The molecule has 2 aromatic rings. The molecule has 0 fully saturated rings. The van der Waals surface area contributed by atoms with Crippen molar-refractivity contribution in [1.29, 1.82) is 0 Å². The molecule has 0 bridgehead atoms. The summed E-state index contributed by atoms with van der Waals surface area (Å²) in [5, 5.41) is 2.74. The number of hydrogen-bond donors (Lipinski definition) is 1. The van der Waals surface area contributed by atoms with Crippen LogP contribution < -0.4 is 19.5 Å². The molecule has 31 heavy (non-hydrogen) atoms. The van der Waals surface area contributed by atoms with Gasteiger partial charge in [-0.2, -0.15) is 0 Å². The summed E-state index contributed by atoms with van der Waals surface area (Å²) in [7, 11) is 6.08. The van der Waals surface area contributed by atoms with E-state index in [0.717, 1.165) is 22.4 Å².